The molecule has 2 aromatic rings. The van der Waals surface area contributed by atoms with Crippen LogP contribution < -0.4 is 0 Å². The van der Waals surface area contributed by atoms with Crippen LogP contribution in [0.4, 0.5) is 0 Å². The summed E-state index contributed by atoms with van der Waals surface area (Å²) in [5, 5.41) is 10.0. The Morgan fingerprint density at radius 3 is 2.62 bits per heavy atom. The van der Waals surface area contributed by atoms with E-state index in [2.05, 4.69) is 19.9 Å². The van der Waals surface area contributed by atoms with Gasteiger partial charge >= 0.3 is 5.97 Å². The molecule has 3 nitrogen and oxygen atoms in total. The molecule has 0 fully saturated rings. The zero-order valence-corrected chi connectivity index (χ0v) is 9.74. The number of hydrogen-bond acceptors (Lipinski definition) is 1. The van der Waals surface area contributed by atoms with E-state index in [1.165, 1.54) is 11.1 Å². The molecule has 0 radical (unpaired) electrons. The second-order valence-electron chi connectivity index (χ2n) is 4.21. The van der Waals surface area contributed by atoms with E-state index in [0.717, 1.165) is 16.6 Å². The first-order valence-corrected chi connectivity index (χ1v) is 5.28. The highest BCUT2D eigenvalue weighted by Gasteiger charge is 2.10. The van der Waals surface area contributed by atoms with E-state index in [4.69, 9.17) is 5.11 Å². The van der Waals surface area contributed by atoms with E-state index in [1.54, 1.807) is 0 Å². The van der Waals surface area contributed by atoms with Gasteiger partial charge in [-0.2, -0.15) is 0 Å². The highest BCUT2D eigenvalue weighted by molar-refractivity contribution is 5.86. The molecule has 0 saturated heterocycles. The Bertz CT molecular complexity index is 567. The Morgan fingerprint density at radius 2 is 2.00 bits per heavy atom. The molecule has 16 heavy (non-hydrogen) atoms. The van der Waals surface area contributed by atoms with Crippen LogP contribution in [0.2, 0.25) is 0 Å². The smallest absolute Gasteiger partial charge is 0.323 e. The topological polar surface area (TPSA) is 42.2 Å². The number of aryl methyl sites for hydroxylation is 3. The first kappa shape index (κ1) is 10.7. The van der Waals surface area contributed by atoms with Crippen molar-refractivity contribution in [1.29, 1.82) is 0 Å². The predicted octanol–water partition coefficient (Wildman–Crippen LogP) is 2.65. The number of hydrogen-bond donors (Lipinski definition) is 1. The van der Waals surface area contributed by atoms with Gasteiger partial charge in [-0.3, -0.25) is 4.79 Å². The number of carboxylic acids is 1. The molecule has 0 aliphatic rings. The van der Waals surface area contributed by atoms with Crippen molar-refractivity contribution < 1.29 is 9.90 Å². The minimum atomic E-state index is -0.807. The molecule has 0 bridgehead atoms. The summed E-state index contributed by atoms with van der Waals surface area (Å²) in [5.41, 5.74) is 4.46. The van der Waals surface area contributed by atoms with Gasteiger partial charge in [0.2, 0.25) is 0 Å². The van der Waals surface area contributed by atoms with Crippen molar-refractivity contribution >= 4 is 16.9 Å². The minimum absolute atomic E-state index is 0.0256. The monoisotopic (exact) mass is 217 g/mol. The van der Waals surface area contributed by atoms with E-state index in [0.29, 0.717) is 0 Å². The quantitative estimate of drug-likeness (QED) is 0.840. The SMILES string of the molecule is Cc1ccc2c(cc(C)n2CC(=O)O)c1C. The summed E-state index contributed by atoms with van der Waals surface area (Å²) >= 11 is 0. The molecule has 0 amide bonds. The molecule has 3 heteroatoms. The van der Waals surface area contributed by atoms with Crippen LogP contribution in [0.15, 0.2) is 18.2 Å². The highest BCUT2D eigenvalue weighted by Crippen LogP contribution is 2.25. The van der Waals surface area contributed by atoms with E-state index in [1.807, 2.05) is 23.6 Å². The van der Waals surface area contributed by atoms with Crippen LogP contribution in [0.25, 0.3) is 10.9 Å². The summed E-state index contributed by atoms with van der Waals surface area (Å²) in [6.45, 7) is 6.11. The van der Waals surface area contributed by atoms with Crippen molar-refractivity contribution in [3.8, 4) is 0 Å². The summed E-state index contributed by atoms with van der Waals surface area (Å²) in [5.74, 6) is -0.807. The van der Waals surface area contributed by atoms with Crippen molar-refractivity contribution in [2.45, 2.75) is 27.3 Å². The first-order chi connectivity index (χ1) is 7.50. The number of carbonyl (C=O) groups is 1. The average Bonchev–Trinajstić information content (AvgIpc) is 2.51. The highest BCUT2D eigenvalue weighted by atomic mass is 16.4. The Morgan fingerprint density at radius 1 is 1.31 bits per heavy atom. The van der Waals surface area contributed by atoms with Gasteiger partial charge in [0.25, 0.3) is 0 Å². The van der Waals surface area contributed by atoms with Crippen molar-refractivity contribution in [2.24, 2.45) is 0 Å². The molecule has 2 rings (SSSR count). The fraction of sp³-hybridized carbons (Fsp3) is 0.308. The number of aliphatic carboxylic acids is 1. The number of nitrogens with zero attached hydrogens (tertiary/aromatic N) is 1. The fourth-order valence-corrected chi connectivity index (χ4v) is 2.06. The van der Waals surface area contributed by atoms with Crippen LogP contribution in [0.3, 0.4) is 0 Å². The van der Waals surface area contributed by atoms with E-state index >= 15 is 0 Å². The van der Waals surface area contributed by atoms with Gasteiger partial charge in [0.05, 0.1) is 0 Å². The molecular weight excluding hydrogens is 202 g/mol. The molecule has 1 N–H and O–H groups in total. The number of aromatic nitrogens is 1. The maximum absolute atomic E-state index is 10.8. The zero-order chi connectivity index (χ0) is 11.9. The van der Waals surface area contributed by atoms with Gasteiger partial charge in [-0.1, -0.05) is 6.07 Å². The molecule has 0 unspecified atom stereocenters. The van der Waals surface area contributed by atoms with E-state index in [-0.39, 0.29) is 6.54 Å². The fourth-order valence-electron chi connectivity index (χ4n) is 2.06. The van der Waals surface area contributed by atoms with Crippen molar-refractivity contribution in [3.05, 3.63) is 35.0 Å². The zero-order valence-electron chi connectivity index (χ0n) is 9.74. The lowest BCUT2D eigenvalue weighted by Crippen LogP contribution is -2.09. The van der Waals surface area contributed by atoms with Gasteiger partial charge < -0.3 is 9.67 Å². The summed E-state index contributed by atoms with van der Waals surface area (Å²) in [6.07, 6.45) is 0. The predicted molar refractivity (Wildman–Crippen MR) is 63.8 cm³/mol. The third kappa shape index (κ3) is 1.58. The molecule has 1 aromatic carbocycles. The van der Waals surface area contributed by atoms with E-state index in [9.17, 15) is 4.79 Å². The van der Waals surface area contributed by atoms with Gasteiger partial charge in [0, 0.05) is 16.6 Å². The van der Waals surface area contributed by atoms with Gasteiger partial charge in [0.15, 0.2) is 0 Å². The van der Waals surface area contributed by atoms with Gasteiger partial charge in [0.1, 0.15) is 6.54 Å². The Labute approximate surface area is 94.3 Å². The van der Waals surface area contributed by atoms with Crippen LogP contribution in [0.1, 0.15) is 16.8 Å². The summed E-state index contributed by atoms with van der Waals surface area (Å²) in [6, 6.07) is 6.09. The molecule has 1 aromatic heterocycles. The third-order valence-corrected chi connectivity index (χ3v) is 3.13. The van der Waals surface area contributed by atoms with Gasteiger partial charge in [-0.25, -0.2) is 0 Å². The molecule has 0 aliphatic heterocycles. The van der Waals surface area contributed by atoms with Gasteiger partial charge in [-0.05, 0) is 44.0 Å². The molecular formula is C13H15NO2. The second kappa shape index (κ2) is 3.67. The van der Waals surface area contributed by atoms with Crippen molar-refractivity contribution in [3.63, 3.8) is 0 Å². The molecule has 0 saturated carbocycles. The third-order valence-electron chi connectivity index (χ3n) is 3.13. The van der Waals surface area contributed by atoms with Crippen LogP contribution in [-0.2, 0) is 11.3 Å². The van der Waals surface area contributed by atoms with Crippen molar-refractivity contribution in [1.82, 2.24) is 4.57 Å². The van der Waals surface area contributed by atoms with Crippen molar-refractivity contribution in [2.75, 3.05) is 0 Å². The largest absolute Gasteiger partial charge is 0.480 e. The number of rotatable bonds is 2. The molecule has 0 aliphatic carbocycles. The lowest BCUT2D eigenvalue weighted by molar-refractivity contribution is -0.137. The van der Waals surface area contributed by atoms with Crippen LogP contribution in [0.5, 0.6) is 0 Å². The second-order valence-corrected chi connectivity index (χ2v) is 4.21. The number of benzene rings is 1. The van der Waals surface area contributed by atoms with E-state index < -0.39 is 5.97 Å². The summed E-state index contributed by atoms with van der Waals surface area (Å²) in [4.78, 5) is 10.8. The lowest BCUT2D eigenvalue weighted by Gasteiger charge is -2.06. The maximum atomic E-state index is 10.8. The molecule has 0 atom stereocenters. The normalized spacial score (nSPS) is 10.9. The van der Waals surface area contributed by atoms with Crippen LogP contribution >= 0.6 is 0 Å². The molecule has 0 spiro atoms. The number of fused-ring (bicyclic) bond motifs is 1. The Hall–Kier alpha value is -1.77. The van der Waals surface area contributed by atoms with Gasteiger partial charge in [-0.15, -0.1) is 0 Å². The Balaban J connectivity index is 2.71. The first-order valence-electron chi connectivity index (χ1n) is 5.28. The number of carboxylic acid groups (broad SMARTS) is 1. The molecule has 84 valence electrons. The lowest BCUT2D eigenvalue weighted by atomic mass is 10.1. The van der Waals surface area contributed by atoms with Crippen LogP contribution in [0, 0.1) is 20.8 Å². The van der Waals surface area contributed by atoms with Crippen LogP contribution in [-0.4, -0.2) is 15.6 Å². The summed E-state index contributed by atoms with van der Waals surface area (Å²) < 4.78 is 1.84. The standard InChI is InChI=1S/C13H15NO2/c1-8-4-5-12-11(10(8)3)6-9(2)14(12)7-13(15)16/h4-6H,7H2,1-3H3,(H,15,16). The Kier molecular flexibility index (Phi) is 2.46. The average molecular weight is 217 g/mol. The minimum Gasteiger partial charge on any atom is -0.480 e. The maximum Gasteiger partial charge on any atom is 0.323 e. The summed E-state index contributed by atoms with van der Waals surface area (Å²) in [7, 11) is 0. The molecule has 1 heterocycles.